The monoisotopic (exact) mass is 547 g/mol. The number of fused-ring (bicyclic) bond motifs is 1. The smallest absolute Gasteiger partial charge is 0.299 e. The van der Waals surface area contributed by atoms with Crippen LogP contribution < -0.4 is 5.32 Å². The number of likely N-dealkylation sites (tertiary alicyclic amines) is 1. The third kappa shape index (κ3) is 4.99. The van der Waals surface area contributed by atoms with Crippen molar-refractivity contribution in [3.63, 3.8) is 0 Å². The molecule has 3 heterocycles. The van der Waals surface area contributed by atoms with Crippen LogP contribution in [0.1, 0.15) is 34.7 Å². The largest absolute Gasteiger partial charge is 0.338 e. The molecule has 1 amide bonds. The number of carbonyl (C=O) groups excluding carboxylic acids is 1. The molecule has 0 unspecified atom stereocenters. The van der Waals surface area contributed by atoms with E-state index in [1.165, 1.54) is 30.5 Å². The second-order valence-corrected chi connectivity index (χ2v) is 10.4. The van der Waals surface area contributed by atoms with Crippen molar-refractivity contribution in [1.29, 1.82) is 0 Å². The first-order valence-electron chi connectivity index (χ1n) is 11.2. The van der Waals surface area contributed by atoms with Crippen molar-refractivity contribution in [2.24, 2.45) is 0 Å². The summed E-state index contributed by atoms with van der Waals surface area (Å²) in [7, 11) is -4.65. The molecule has 2 N–H and O–H groups in total. The van der Waals surface area contributed by atoms with E-state index in [1.54, 1.807) is 17.0 Å². The molecule has 0 spiro atoms. The Hall–Kier alpha value is -3.61. The Kier molecular flexibility index (Phi) is 6.56. The molecule has 0 radical (unpaired) electrons. The summed E-state index contributed by atoms with van der Waals surface area (Å²) < 4.78 is 61.1. The van der Waals surface area contributed by atoms with Gasteiger partial charge < -0.3 is 10.2 Å². The third-order valence-corrected chi connectivity index (χ3v) is 7.47. The van der Waals surface area contributed by atoms with Gasteiger partial charge in [0.25, 0.3) is 16.0 Å². The number of halogens is 3. The van der Waals surface area contributed by atoms with Gasteiger partial charge in [0.2, 0.25) is 0 Å². The van der Waals surface area contributed by atoms with Gasteiger partial charge in [0.1, 0.15) is 23.0 Å². The summed E-state index contributed by atoms with van der Waals surface area (Å²) in [5.74, 6) is -1.06. The molecule has 0 saturated carbocycles. The number of rotatable bonds is 5. The zero-order valence-electron chi connectivity index (χ0n) is 19.1. The Morgan fingerprint density at radius 1 is 1.05 bits per heavy atom. The molecule has 1 aliphatic rings. The molecule has 13 heteroatoms. The number of benzene rings is 2. The Bertz CT molecular complexity index is 1600. The number of amides is 1. The van der Waals surface area contributed by atoms with Gasteiger partial charge in [-0.25, -0.2) is 13.8 Å². The predicted molar refractivity (Wildman–Crippen MR) is 132 cm³/mol. The molecule has 1 aliphatic heterocycles. The van der Waals surface area contributed by atoms with Crippen LogP contribution in [0.15, 0.2) is 59.8 Å². The molecule has 192 valence electrons. The topological polar surface area (TPSA) is 117 Å². The van der Waals surface area contributed by atoms with E-state index in [4.69, 9.17) is 11.6 Å². The Labute approximate surface area is 215 Å². The molecule has 1 fully saturated rings. The lowest BCUT2D eigenvalue weighted by Gasteiger charge is -2.32. The van der Waals surface area contributed by atoms with E-state index in [0.717, 1.165) is 22.3 Å². The summed E-state index contributed by atoms with van der Waals surface area (Å²) in [6.45, 7) is 0.843. The zero-order valence-corrected chi connectivity index (χ0v) is 20.7. The molecule has 5 rings (SSSR count). The summed E-state index contributed by atoms with van der Waals surface area (Å²) in [4.78, 5) is 18.7. The van der Waals surface area contributed by atoms with Gasteiger partial charge in [0, 0.05) is 19.3 Å². The second kappa shape index (κ2) is 9.69. The van der Waals surface area contributed by atoms with E-state index < -0.39 is 26.7 Å². The van der Waals surface area contributed by atoms with Crippen LogP contribution in [-0.4, -0.2) is 51.5 Å². The maximum absolute atomic E-state index is 13.6. The van der Waals surface area contributed by atoms with Crippen LogP contribution in [0.4, 0.5) is 20.3 Å². The van der Waals surface area contributed by atoms with Gasteiger partial charge in [-0.05, 0) is 54.7 Å². The summed E-state index contributed by atoms with van der Waals surface area (Å²) >= 11 is 6.17. The fourth-order valence-electron chi connectivity index (χ4n) is 4.41. The SMILES string of the molecule is O=C(c1cnc2c(S(=O)(=O)O)cnn2c1Nc1ccc(F)cc1Cl)N1CCC(c2ccc(F)cc2)CC1. The van der Waals surface area contributed by atoms with Crippen molar-refractivity contribution in [3.8, 4) is 0 Å². The van der Waals surface area contributed by atoms with E-state index in [2.05, 4.69) is 15.4 Å². The lowest BCUT2D eigenvalue weighted by molar-refractivity contribution is 0.0713. The fourth-order valence-corrected chi connectivity index (χ4v) is 5.17. The average Bonchev–Trinajstić information content (AvgIpc) is 3.31. The molecular formula is C24H20ClF2N5O4S. The zero-order chi connectivity index (χ0) is 26.3. The van der Waals surface area contributed by atoms with Crippen molar-refractivity contribution in [1.82, 2.24) is 19.5 Å². The first-order valence-corrected chi connectivity index (χ1v) is 13.0. The van der Waals surface area contributed by atoms with Crippen LogP contribution in [0, 0.1) is 11.6 Å². The minimum absolute atomic E-state index is 0.0191. The number of hydrogen-bond acceptors (Lipinski definition) is 6. The van der Waals surface area contributed by atoms with Gasteiger partial charge >= 0.3 is 0 Å². The number of aromatic nitrogens is 3. The van der Waals surface area contributed by atoms with Gasteiger partial charge in [-0.3, -0.25) is 9.35 Å². The summed E-state index contributed by atoms with van der Waals surface area (Å²) in [6.07, 6.45) is 3.43. The first kappa shape index (κ1) is 25.1. The van der Waals surface area contributed by atoms with Crippen LogP contribution in [0.25, 0.3) is 5.65 Å². The van der Waals surface area contributed by atoms with Gasteiger partial charge in [-0.15, -0.1) is 0 Å². The predicted octanol–water partition coefficient (Wildman–Crippen LogP) is 4.67. The van der Waals surface area contributed by atoms with Crippen LogP contribution in [0.5, 0.6) is 0 Å². The standard InChI is InChI=1S/C24H20ClF2N5O4S/c25-19-11-17(27)5-6-20(19)30-22-18(12-28-23-21(37(34,35)36)13-29-32(22)23)24(33)31-9-7-15(8-10-31)14-1-3-16(26)4-2-14/h1-6,11-13,15,30H,7-10H2,(H,34,35,36). The van der Waals surface area contributed by atoms with Gasteiger partial charge in [0.15, 0.2) is 10.5 Å². The van der Waals surface area contributed by atoms with E-state index >= 15 is 0 Å². The normalized spacial score (nSPS) is 14.8. The highest BCUT2D eigenvalue weighted by molar-refractivity contribution is 7.86. The summed E-state index contributed by atoms with van der Waals surface area (Å²) in [6, 6.07) is 9.92. The molecule has 37 heavy (non-hydrogen) atoms. The molecule has 2 aromatic heterocycles. The Balaban J connectivity index is 1.49. The third-order valence-electron chi connectivity index (χ3n) is 6.31. The summed E-state index contributed by atoms with van der Waals surface area (Å²) in [5.41, 5.74) is 1.09. The average molecular weight is 548 g/mol. The summed E-state index contributed by atoms with van der Waals surface area (Å²) in [5, 5.41) is 6.97. The van der Waals surface area contributed by atoms with Crippen molar-refractivity contribution in [2.75, 3.05) is 18.4 Å². The van der Waals surface area contributed by atoms with Gasteiger partial charge in [-0.1, -0.05) is 23.7 Å². The van der Waals surface area contributed by atoms with E-state index in [-0.39, 0.29) is 39.5 Å². The quantitative estimate of drug-likeness (QED) is 0.349. The maximum atomic E-state index is 13.6. The highest BCUT2D eigenvalue weighted by Crippen LogP contribution is 2.32. The van der Waals surface area contributed by atoms with Crippen molar-refractivity contribution in [2.45, 2.75) is 23.7 Å². The van der Waals surface area contributed by atoms with Crippen LogP contribution in [-0.2, 0) is 10.1 Å². The van der Waals surface area contributed by atoms with Crippen LogP contribution in [0.2, 0.25) is 5.02 Å². The highest BCUT2D eigenvalue weighted by atomic mass is 35.5. The van der Waals surface area contributed by atoms with Crippen LogP contribution in [0.3, 0.4) is 0 Å². The first-order chi connectivity index (χ1) is 17.6. The number of nitrogens with zero attached hydrogens (tertiary/aromatic N) is 4. The fraction of sp³-hybridized carbons (Fsp3) is 0.208. The molecule has 2 aromatic carbocycles. The van der Waals surface area contributed by atoms with Crippen molar-refractivity contribution < 1.29 is 26.5 Å². The van der Waals surface area contributed by atoms with Gasteiger partial charge in [0.05, 0.1) is 16.9 Å². The second-order valence-electron chi connectivity index (χ2n) is 8.61. The molecule has 4 aromatic rings. The molecule has 0 atom stereocenters. The molecular weight excluding hydrogens is 528 g/mol. The molecule has 9 nitrogen and oxygen atoms in total. The molecule has 0 bridgehead atoms. The lowest BCUT2D eigenvalue weighted by Crippen LogP contribution is -2.38. The minimum atomic E-state index is -4.65. The van der Waals surface area contributed by atoms with Crippen molar-refractivity contribution in [3.05, 3.63) is 82.6 Å². The minimum Gasteiger partial charge on any atom is -0.338 e. The number of hydrogen-bond donors (Lipinski definition) is 2. The number of piperidine rings is 1. The number of carbonyl (C=O) groups is 1. The van der Waals surface area contributed by atoms with E-state index in [1.807, 2.05) is 0 Å². The Morgan fingerprint density at radius 2 is 1.73 bits per heavy atom. The van der Waals surface area contributed by atoms with E-state index in [9.17, 15) is 26.5 Å². The molecule has 1 saturated heterocycles. The maximum Gasteiger partial charge on any atom is 0.299 e. The van der Waals surface area contributed by atoms with Crippen LogP contribution >= 0.6 is 11.6 Å². The Morgan fingerprint density at radius 3 is 2.38 bits per heavy atom. The lowest BCUT2D eigenvalue weighted by atomic mass is 9.89. The van der Waals surface area contributed by atoms with Gasteiger partial charge in [-0.2, -0.15) is 18.0 Å². The molecule has 0 aliphatic carbocycles. The highest BCUT2D eigenvalue weighted by Gasteiger charge is 2.29. The number of nitrogens with one attached hydrogen (secondary N) is 1. The van der Waals surface area contributed by atoms with E-state index in [0.29, 0.717) is 25.9 Å². The van der Waals surface area contributed by atoms with Crippen molar-refractivity contribution >= 4 is 44.8 Å². The number of anilines is 2.